The lowest BCUT2D eigenvalue weighted by molar-refractivity contribution is -0.117. The number of rotatable bonds is 3. The van der Waals surface area contributed by atoms with Crippen molar-refractivity contribution in [2.45, 2.75) is 11.8 Å². The van der Waals surface area contributed by atoms with Crippen LogP contribution in [0.1, 0.15) is 5.56 Å². The number of carbonyl (C=O) groups excluding carboxylic acids is 1. The highest BCUT2D eigenvalue weighted by molar-refractivity contribution is 6.30. The van der Waals surface area contributed by atoms with Crippen LogP contribution in [-0.4, -0.2) is 11.3 Å². The van der Waals surface area contributed by atoms with Crippen molar-refractivity contribution >= 4 is 17.5 Å². The molecule has 4 heteroatoms. The van der Waals surface area contributed by atoms with Gasteiger partial charge in [-0.25, -0.2) is 4.39 Å². The van der Waals surface area contributed by atoms with Crippen molar-refractivity contribution in [3.8, 4) is 0 Å². The molecule has 1 aromatic carbocycles. The van der Waals surface area contributed by atoms with Gasteiger partial charge in [-0.1, -0.05) is 12.1 Å². The van der Waals surface area contributed by atoms with Gasteiger partial charge in [0.05, 0.1) is 0 Å². The van der Waals surface area contributed by atoms with E-state index in [-0.39, 0.29) is 5.82 Å². The second kappa shape index (κ2) is 4.23. The molecule has 1 atom stereocenters. The third-order valence-corrected chi connectivity index (χ3v) is 2.01. The molecule has 70 valence electrons. The molecule has 0 aliphatic rings. The van der Waals surface area contributed by atoms with Crippen molar-refractivity contribution in [2.24, 2.45) is 5.73 Å². The Hall–Kier alpha value is -1.09. The zero-order valence-corrected chi connectivity index (χ0v) is 7.59. The molecule has 0 fully saturated rings. The summed E-state index contributed by atoms with van der Waals surface area (Å²) in [4.78, 5) is 10.6. The number of benzene rings is 1. The first-order chi connectivity index (χ1) is 6.09. The fourth-order valence-corrected chi connectivity index (χ4v) is 1.11. The number of nitrogens with two attached hydrogens (primary N) is 1. The molecule has 2 nitrogen and oxygen atoms in total. The molecule has 2 N–H and O–H groups in total. The number of carbonyl (C=O) groups is 1. The van der Waals surface area contributed by atoms with E-state index in [1.165, 1.54) is 12.1 Å². The van der Waals surface area contributed by atoms with E-state index in [9.17, 15) is 9.18 Å². The first kappa shape index (κ1) is 9.99. The van der Waals surface area contributed by atoms with E-state index in [4.69, 9.17) is 17.3 Å². The molecule has 0 heterocycles. The molecular weight excluding hydrogens is 193 g/mol. The molecule has 0 saturated heterocycles. The molecule has 0 spiro atoms. The average Bonchev–Trinajstić information content (AvgIpc) is 2.08. The second-order valence-electron chi connectivity index (χ2n) is 2.70. The zero-order valence-electron chi connectivity index (χ0n) is 6.84. The van der Waals surface area contributed by atoms with Crippen LogP contribution < -0.4 is 5.73 Å². The maximum Gasteiger partial charge on any atom is 0.235 e. The third kappa shape index (κ3) is 3.03. The first-order valence-corrected chi connectivity index (χ1v) is 4.21. The van der Waals surface area contributed by atoms with Crippen molar-refractivity contribution in [3.05, 3.63) is 35.6 Å². The van der Waals surface area contributed by atoms with Gasteiger partial charge in [-0.05, 0) is 24.1 Å². The van der Waals surface area contributed by atoms with E-state index in [2.05, 4.69) is 0 Å². The van der Waals surface area contributed by atoms with Crippen LogP contribution >= 0.6 is 11.6 Å². The van der Waals surface area contributed by atoms with E-state index >= 15 is 0 Å². The Morgan fingerprint density at radius 2 is 2.00 bits per heavy atom. The van der Waals surface area contributed by atoms with Crippen LogP contribution in [0.4, 0.5) is 4.39 Å². The number of primary amides is 1. The van der Waals surface area contributed by atoms with Gasteiger partial charge in [0.1, 0.15) is 11.2 Å². The Morgan fingerprint density at radius 1 is 1.46 bits per heavy atom. The van der Waals surface area contributed by atoms with E-state index in [0.29, 0.717) is 6.42 Å². The highest BCUT2D eigenvalue weighted by atomic mass is 35.5. The van der Waals surface area contributed by atoms with Gasteiger partial charge in [-0.3, -0.25) is 4.79 Å². The fourth-order valence-electron chi connectivity index (χ4n) is 0.928. The molecule has 0 aromatic heterocycles. The Kier molecular flexibility index (Phi) is 3.25. The Balaban J connectivity index is 2.64. The monoisotopic (exact) mass is 201 g/mol. The molecular formula is C9H9ClFNO. The Morgan fingerprint density at radius 3 is 2.46 bits per heavy atom. The smallest absolute Gasteiger partial charge is 0.235 e. The third-order valence-electron chi connectivity index (χ3n) is 1.64. The molecule has 13 heavy (non-hydrogen) atoms. The van der Waals surface area contributed by atoms with Crippen molar-refractivity contribution in [2.75, 3.05) is 0 Å². The van der Waals surface area contributed by atoms with Gasteiger partial charge in [-0.15, -0.1) is 11.6 Å². The summed E-state index contributed by atoms with van der Waals surface area (Å²) in [6.07, 6.45) is 0.331. The number of hydrogen-bond donors (Lipinski definition) is 1. The largest absolute Gasteiger partial charge is 0.368 e. The van der Waals surface area contributed by atoms with Crippen LogP contribution in [-0.2, 0) is 11.2 Å². The standard InChI is InChI=1S/C9H9ClFNO/c10-8(9(12)13)5-6-1-3-7(11)4-2-6/h1-4,8H,5H2,(H2,12,13). The summed E-state index contributed by atoms with van der Waals surface area (Å²) in [5, 5.41) is -0.731. The molecule has 0 aliphatic heterocycles. The topological polar surface area (TPSA) is 43.1 Å². The summed E-state index contributed by atoms with van der Waals surface area (Å²) in [7, 11) is 0. The highest BCUT2D eigenvalue weighted by Crippen LogP contribution is 2.08. The van der Waals surface area contributed by atoms with Crippen LogP contribution in [0.15, 0.2) is 24.3 Å². The molecule has 1 unspecified atom stereocenters. The van der Waals surface area contributed by atoms with Gasteiger partial charge in [0.15, 0.2) is 0 Å². The Bertz CT molecular complexity index is 299. The highest BCUT2D eigenvalue weighted by Gasteiger charge is 2.11. The maximum atomic E-state index is 12.5. The van der Waals surface area contributed by atoms with Gasteiger partial charge in [-0.2, -0.15) is 0 Å². The van der Waals surface area contributed by atoms with Crippen LogP contribution in [0.2, 0.25) is 0 Å². The van der Waals surface area contributed by atoms with Crippen molar-refractivity contribution < 1.29 is 9.18 Å². The summed E-state index contributed by atoms with van der Waals surface area (Å²) in [6, 6.07) is 5.79. The zero-order chi connectivity index (χ0) is 9.84. The molecule has 0 saturated carbocycles. The SMILES string of the molecule is NC(=O)C(Cl)Cc1ccc(F)cc1. The summed E-state index contributed by atoms with van der Waals surface area (Å²) in [5.74, 6) is -0.875. The van der Waals surface area contributed by atoms with Crippen molar-refractivity contribution in [1.29, 1.82) is 0 Å². The van der Waals surface area contributed by atoms with Crippen molar-refractivity contribution in [3.63, 3.8) is 0 Å². The number of amides is 1. The predicted molar refractivity (Wildman–Crippen MR) is 48.9 cm³/mol. The van der Waals surface area contributed by atoms with E-state index in [1.54, 1.807) is 12.1 Å². The minimum Gasteiger partial charge on any atom is -0.368 e. The summed E-state index contributed by atoms with van der Waals surface area (Å²) in [5.41, 5.74) is 5.76. The van der Waals surface area contributed by atoms with E-state index < -0.39 is 11.3 Å². The molecule has 1 aromatic rings. The quantitative estimate of drug-likeness (QED) is 0.740. The van der Waals surface area contributed by atoms with Gasteiger partial charge in [0.2, 0.25) is 5.91 Å². The summed E-state index contributed by atoms with van der Waals surface area (Å²) < 4.78 is 12.5. The molecule has 0 aliphatic carbocycles. The molecule has 0 bridgehead atoms. The number of halogens is 2. The minimum absolute atomic E-state index is 0.311. The van der Waals surface area contributed by atoms with Gasteiger partial charge >= 0.3 is 0 Å². The van der Waals surface area contributed by atoms with Crippen LogP contribution in [0.25, 0.3) is 0 Å². The van der Waals surface area contributed by atoms with Gasteiger partial charge in [0.25, 0.3) is 0 Å². The molecule has 1 amide bonds. The fraction of sp³-hybridized carbons (Fsp3) is 0.222. The second-order valence-corrected chi connectivity index (χ2v) is 3.23. The summed E-state index contributed by atoms with van der Waals surface area (Å²) in [6.45, 7) is 0. The maximum absolute atomic E-state index is 12.5. The average molecular weight is 202 g/mol. The number of alkyl halides is 1. The lowest BCUT2D eigenvalue weighted by Gasteiger charge is -2.04. The first-order valence-electron chi connectivity index (χ1n) is 3.77. The lowest BCUT2D eigenvalue weighted by Crippen LogP contribution is -2.25. The summed E-state index contributed by atoms with van der Waals surface area (Å²) >= 11 is 5.62. The minimum atomic E-state index is -0.731. The Labute approximate surface area is 80.5 Å². The lowest BCUT2D eigenvalue weighted by atomic mass is 10.1. The molecule has 0 radical (unpaired) electrons. The number of hydrogen-bond acceptors (Lipinski definition) is 1. The van der Waals surface area contributed by atoms with Crippen LogP contribution in [0, 0.1) is 5.82 Å². The van der Waals surface area contributed by atoms with Crippen LogP contribution in [0.3, 0.4) is 0 Å². The van der Waals surface area contributed by atoms with Gasteiger partial charge in [0, 0.05) is 0 Å². The predicted octanol–water partition coefficient (Wildman–Crippen LogP) is 1.46. The van der Waals surface area contributed by atoms with E-state index in [0.717, 1.165) is 5.56 Å². The normalized spacial score (nSPS) is 12.5. The van der Waals surface area contributed by atoms with Crippen molar-refractivity contribution in [1.82, 2.24) is 0 Å². The molecule has 1 rings (SSSR count). The van der Waals surface area contributed by atoms with E-state index in [1.807, 2.05) is 0 Å². The van der Waals surface area contributed by atoms with Gasteiger partial charge < -0.3 is 5.73 Å². The van der Waals surface area contributed by atoms with Crippen LogP contribution in [0.5, 0.6) is 0 Å².